The Hall–Kier alpha value is -6.54. The van der Waals surface area contributed by atoms with Crippen LogP contribution in [0.5, 0.6) is 0 Å². The van der Waals surface area contributed by atoms with E-state index in [0.717, 1.165) is 88.5 Å². The predicted octanol–water partition coefficient (Wildman–Crippen LogP) is 16.5. The average molecular weight is 1160 g/mol. The summed E-state index contributed by atoms with van der Waals surface area (Å²) in [5, 5.41) is 7.05. The Labute approximate surface area is 430 Å². The fraction of sp³-hybridized carbons (Fsp3) is 0.127. The molecule has 4 nitrogen and oxygen atoms in total. The van der Waals surface area contributed by atoms with Crippen LogP contribution in [-0.2, 0) is 26.5 Å². The first-order chi connectivity index (χ1) is 33.6. The van der Waals surface area contributed by atoms with E-state index in [1.807, 2.05) is 24.3 Å². The molecule has 0 amide bonds. The molecule has 7 heteroatoms. The zero-order chi connectivity index (χ0) is 47.2. The van der Waals surface area contributed by atoms with Crippen molar-refractivity contribution in [3.05, 3.63) is 212 Å². The second-order valence-electron chi connectivity index (χ2n) is 19.4. The van der Waals surface area contributed by atoms with Gasteiger partial charge in [-0.2, -0.15) is 11.3 Å². The summed E-state index contributed by atoms with van der Waals surface area (Å²) in [7, 11) is 0. The Morgan fingerprint density at radius 3 is 1.97 bits per heavy atom. The normalized spacial score (nSPS) is 11.6. The van der Waals surface area contributed by atoms with Gasteiger partial charge in [-0.25, -0.2) is 4.98 Å². The number of benzene rings is 8. The van der Waals surface area contributed by atoms with Crippen LogP contribution in [0.15, 0.2) is 188 Å². The molecule has 0 bridgehead atoms. The van der Waals surface area contributed by atoms with Crippen molar-refractivity contribution in [3.63, 3.8) is 0 Å². The van der Waals surface area contributed by atoms with E-state index in [1.54, 1.807) is 15.7 Å². The van der Waals surface area contributed by atoms with Crippen LogP contribution in [0.1, 0.15) is 25.1 Å². The zero-order valence-corrected chi connectivity index (χ0v) is 45.5. The molecule has 0 saturated heterocycles. The summed E-state index contributed by atoms with van der Waals surface area (Å²) in [5.74, 6) is 8.86. The van der Waals surface area contributed by atoms with Gasteiger partial charge in [-0.1, -0.05) is 138 Å². The van der Waals surface area contributed by atoms with Crippen molar-refractivity contribution < 1.29 is 20.1 Å². The maximum Gasteiger partial charge on any atom is 0.113 e. The van der Waals surface area contributed by atoms with Gasteiger partial charge in [0.15, 0.2) is 0 Å². The number of rotatable bonds is 8. The van der Waals surface area contributed by atoms with Gasteiger partial charge in [0.25, 0.3) is 0 Å². The van der Waals surface area contributed by atoms with Crippen LogP contribution in [0.4, 0.5) is 0 Å². The predicted molar refractivity (Wildman–Crippen MR) is 297 cm³/mol. The van der Waals surface area contributed by atoms with Crippen molar-refractivity contribution in [1.29, 1.82) is 0 Å². The number of hydrogen-bond acceptors (Lipinski definition) is 4. The maximum absolute atomic E-state index is 5.63. The first kappa shape index (κ1) is 47.2. The Kier molecular flexibility index (Phi) is 13.3. The summed E-state index contributed by atoms with van der Waals surface area (Å²) >= 11 is -0.135. The van der Waals surface area contributed by atoms with Crippen LogP contribution < -0.4 is 4.40 Å². The molecule has 70 heavy (non-hydrogen) atoms. The third-order valence-electron chi connectivity index (χ3n) is 13.0. The first-order valence-corrected chi connectivity index (χ1v) is 32.0. The fourth-order valence-electron chi connectivity index (χ4n) is 9.86. The summed E-state index contributed by atoms with van der Waals surface area (Å²) in [4.78, 5) is 16.3. The van der Waals surface area contributed by atoms with Gasteiger partial charge in [-0.3, -0.25) is 4.98 Å². The molecule has 4 heterocycles. The summed E-state index contributed by atoms with van der Waals surface area (Å²) in [6.45, 7) is 6.62. The monoisotopic (exact) mass is 1160 g/mol. The molecule has 1 radical (unpaired) electrons. The summed E-state index contributed by atoms with van der Waals surface area (Å²) in [6.07, 6.45) is 3.27. The standard InChI is InChI=1S/C45H28N3S.C18H24GeN.Ir/c1-28-23-25-38-37-21-12-22-39(43(37)49-45(38)46-28)44-47-41-35-19-10-8-17-33(35)34-18-9-11-20-36(34)42(41)48(44)40-27-31(29-13-4-2-5-14-29)24-26-32(40)30-15-6-3-7-16-30;1-14(2)11-16-12-18(15-9-7-6-8-10-15)20-13-17(16)19(3,4)5;/h2-21,23-27H,1H3;6-9,12-14H,11H2,1-5H3;/q2*-1;. The number of thiophene rings is 1. The molecular formula is C63H52GeIrN4S-2. The minimum Gasteiger partial charge on any atom is -0.332 e. The van der Waals surface area contributed by atoms with E-state index in [-0.39, 0.29) is 20.1 Å². The Morgan fingerprint density at radius 2 is 1.27 bits per heavy atom. The van der Waals surface area contributed by atoms with Crippen LogP contribution in [0, 0.1) is 25.0 Å². The molecule has 12 aromatic rings. The second kappa shape index (κ2) is 19.7. The van der Waals surface area contributed by atoms with E-state index in [9.17, 15) is 0 Å². The largest absolute Gasteiger partial charge is 0.332 e. The average Bonchev–Trinajstić information content (AvgIpc) is 3.96. The smallest absolute Gasteiger partial charge is 0.113 e. The molecule has 12 rings (SSSR count). The van der Waals surface area contributed by atoms with Gasteiger partial charge in [0.2, 0.25) is 0 Å². The number of hydrogen-bond donors (Lipinski definition) is 0. The van der Waals surface area contributed by atoms with Crippen LogP contribution in [0.25, 0.3) is 103 Å². The van der Waals surface area contributed by atoms with Crippen molar-refractivity contribution >= 4 is 81.9 Å². The van der Waals surface area contributed by atoms with E-state index in [1.165, 1.54) is 32.7 Å². The topological polar surface area (TPSA) is 43.6 Å². The summed E-state index contributed by atoms with van der Waals surface area (Å²) < 4.78 is 5.09. The van der Waals surface area contributed by atoms with Gasteiger partial charge in [0.1, 0.15) is 4.83 Å². The Bertz CT molecular complexity index is 3840. The van der Waals surface area contributed by atoms with Crippen LogP contribution >= 0.6 is 11.3 Å². The van der Waals surface area contributed by atoms with E-state index in [4.69, 9.17) is 15.0 Å². The molecule has 0 aliphatic carbocycles. The molecule has 0 N–H and O–H groups in total. The molecule has 4 aromatic heterocycles. The zero-order valence-electron chi connectivity index (χ0n) is 40.2. The van der Waals surface area contributed by atoms with Crippen molar-refractivity contribution in [3.8, 4) is 50.6 Å². The van der Waals surface area contributed by atoms with Gasteiger partial charge in [0, 0.05) is 47.8 Å². The van der Waals surface area contributed by atoms with Gasteiger partial charge >= 0.3 is 126 Å². The van der Waals surface area contributed by atoms with E-state index < -0.39 is 13.3 Å². The molecule has 0 spiro atoms. The summed E-state index contributed by atoms with van der Waals surface area (Å²) in [6, 6.07) is 71.4. The third kappa shape index (κ3) is 8.95. The second-order valence-corrected chi connectivity index (χ2v) is 30.9. The summed E-state index contributed by atoms with van der Waals surface area (Å²) in [5.41, 5.74) is 13.4. The minimum atomic E-state index is -1.86. The number of pyridine rings is 2. The molecule has 0 aliphatic heterocycles. The van der Waals surface area contributed by atoms with E-state index in [2.05, 4.69) is 219 Å². The van der Waals surface area contributed by atoms with Crippen LogP contribution in [-0.4, -0.2) is 32.8 Å². The van der Waals surface area contributed by atoms with Crippen molar-refractivity contribution in [2.75, 3.05) is 0 Å². The Balaban J connectivity index is 0.000000229. The fourth-order valence-corrected chi connectivity index (χ4v) is 14.4. The van der Waals surface area contributed by atoms with Crippen molar-refractivity contribution in [2.24, 2.45) is 5.92 Å². The molecule has 345 valence electrons. The molecule has 0 aliphatic rings. The van der Waals surface area contributed by atoms with Gasteiger partial charge < -0.3 is 4.57 Å². The maximum atomic E-state index is 5.63. The molecule has 0 unspecified atom stereocenters. The van der Waals surface area contributed by atoms with Gasteiger partial charge in [0.05, 0.1) is 16.9 Å². The molecule has 0 saturated carbocycles. The number of imidazole rings is 1. The van der Waals surface area contributed by atoms with Crippen LogP contribution in [0.3, 0.4) is 0 Å². The first-order valence-electron chi connectivity index (χ1n) is 23.9. The number of aromatic nitrogens is 4. The Morgan fingerprint density at radius 1 is 0.600 bits per heavy atom. The number of nitrogens with zero attached hydrogens (tertiary/aromatic N) is 4. The van der Waals surface area contributed by atoms with Gasteiger partial charge in [-0.05, 0) is 56.6 Å². The van der Waals surface area contributed by atoms with Crippen LogP contribution in [0.2, 0.25) is 17.3 Å². The molecule has 8 aromatic carbocycles. The van der Waals surface area contributed by atoms with E-state index >= 15 is 0 Å². The third-order valence-corrected chi connectivity index (χ3v) is 18.5. The molecule has 0 atom stereocenters. The van der Waals surface area contributed by atoms with E-state index in [0.29, 0.717) is 5.92 Å². The quantitative estimate of drug-likeness (QED) is 0.0865. The van der Waals surface area contributed by atoms with Gasteiger partial charge in [-0.15, -0.1) is 18.2 Å². The minimum absolute atomic E-state index is 0. The molecule has 0 fully saturated rings. The number of fused-ring (bicyclic) bond motifs is 9. The number of aryl methyl sites for hydroxylation is 1. The SMILES string of the molecule is CC(C)Cc1cc(-c2[c-]cccc2)nc[c]1[Ge]([CH3])([CH3])[CH3].Cc1ccc2c(n1)sc1c(-c3nc4c5ccccc5c5ccccc5c4n3-c3cc(-c4ccccc4)ccc3-c3ccccc3)[c-]ccc12.[Ir]. The molecular weight excluding hydrogens is 1110 g/mol. The van der Waals surface area contributed by atoms with Crippen molar-refractivity contribution in [1.82, 2.24) is 19.5 Å². The van der Waals surface area contributed by atoms with Crippen molar-refractivity contribution in [2.45, 2.75) is 44.5 Å².